The van der Waals surface area contributed by atoms with Crippen LogP contribution in [0.25, 0.3) is 0 Å². The monoisotopic (exact) mass is 334 g/mol. The molecular weight excluding hydrogens is 312 g/mol. The van der Waals surface area contributed by atoms with Crippen LogP contribution in [0.5, 0.6) is 0 Å². The Morgan fingerprint density at radius 1 is 1.53 bits per heavy atom. The van der Waals surface area contributed by atoms with Gasteiger partial charge in [-0.15, -0.1) is 0 Å². The van der Waals surface area contributed by atoms with Gasteiger partial charge in [0, 0.05) is 29.5 Å². The quantitative estimate of drug-likeness (QED) is 0.693. The standard InChI is InChI=1S/C13H23BrN2O3/c1-5-19-10-6-13(18,12(10,3)4)8-16-11(17)15-7-9(2)14/h10,18H,2,5-8H2,1,3-4H3,(H2,15,16,17)/t10-,13+/m1/s1. The second kappa shape index (κ2) is 6.24. The highest BCUT2D eigenvalue weighted by molar-refractivity contribution is 9.11. The first-order chi connectivity index (χ1) is 8.73. The fourth-order valence-electron chi connectivity index (χ4n) is 2.23. The number of rotatable bonds is 6. The van der Waals surface area contributed by atoms with Crippen molar-refractivity contribution in [2.45, 2.75) is 38.9 Å². The Hall–Kier alpha value is -0.590. The van der Waals surface area contributed by atoms with Crippen LogP contribution in [0.1, 0.15) is 27.2 Å². The van der Waals surface area contributed by atoms with Crippen LogP contribution in [0.4, 0.5) is 4.79 Å². The van der Waals surface area contributed by atoms with E-state index in [1.807, 2.05) is 20.8 Å². The average molecular weight is 335 g/mol. The molecule has 2 amide bonds. The van der Waals surface area contributed by atoms with Crippen molar-refractivity contribution in [3.05, 3.63) is 11.1 Å². The van der Waals surface area contributed by atoms with Gasteiger partial charge in [0.15, 0.2) is 0 Å². The maximum Gasteiger partial charge on any atom is 0.315 e. The summed E-state index contributed by atoms with van der Waals surface area (Å²) in [7, 11) is 0. The summed E-state index contributed by atoms with van der Waals surface area (Å²) in [6.07, 6.45) is 0.578. The van der Waals surface area contributed by atoms with Gasteiger partial charge in [0.25, 0.3) is 0 Å². The summed E-state index contributed by atoms with van der Waals surface area (Å²) in [6.45, 7) is 10.7. The number of hydrogen-bond donors (Lipinski definition) is 3. The molecule has 0 spiro atoms. The van der Waals surface area contributed by atoms with E-state index in [1.54, 1.807) is 0 Å². The molecule has 0 saturated heterocycles. The molecule has 0 unspecified atom stereocenters. The molecule has 6 heteroatoms. The minimum Gasteiger partial charge on any atom is -0.387 e. The number of nitrogens with one attached hydrogen (secondary N) is 2. The van der Waals surface area contributed by atoms with E-state index in [0.717, 1.165) is 0 Å². The van der Waals surface area contributed by atoms with Crippen LogP contribution in [0.15, 0.2) is 11.1 Å². The largest absolute Gasteiger partial charge is 0.387 e. The molecule has 1 fully saturated rings. The minimum absolute atomic E-state index is 0.0367. The second-order valence-electron chi connectivity index (χ2n) is 5.45. The lowest BCUT2D eigenvalue weighted by Crippen LogP contribution is -2.69. The molecule has 110 valence electrons. The predicted octanol–water partition coefficient (Wildman–Crippen LogP) is 1.76. The Morgan fingerprint density at radius 2 is 2.16 bits per heavy atom. The predicted molar refractivity (Wildman–Crippen MR) is 78.2 cm³/mol. The van der Waals surface area contributed by atoms with Gasteiger partial charge in [-0.05, 0) is 6.92 Å². The molecule has 0 heterocycles. The van der Waals surface area contributed by atoms with Gasteiger partial charge in [-0.1, -0.05) is 36.4 Å². The van der Waals surface area contributed by atoms with Gasteiger partial charge in [-0.25, -0.2) is 4.79 Å². The summed E-state index contributed by atoms with van der Waals surface area (Å²) < 4.78 is 6.26. The normalized spacial score (nSPS) is 28.4. The zero-order valence-corrected chi connectivity index (χ0v) is 13.3. The van der Waals surface area contributed by atoms with E-state index in [1.165, 1.54) is 0 Å². The summed E-state index contributed by atoms with van der Waals surface area (Å²) in [5, 5.41) is 15.8. The molecule has 5 nitrogen and oxygen atoms in total. The highest BCUT2D eigenvalue weighted by Gasteiger charge is 2.59. The minimum atomic E-state index is -0.921. The van der Waals surface area contributed by atoms with E-state index in [9.17, 15) is 9.90 Å². The van der Waals surface area contributed by atoms with E-state index >= 15 is 0 Å². The van der Waals surface area contributed by atoms with Crippen molar-refractivity contribution in [2.75, 3.05) is 19.7 Å². The number of urea groups is 1. The lowest BCUT2D eigenvalue weighted by Gasteiger charge is -2.57. The molecule has 1 aliphatic rings. The summed E-state index contributed by atoms with van der Waals surface area (Å²) in [6, 6.07) is -0.315. The molecule has 0 aromatic heterocycles. The van der Waals surface area contributed by atoms with Crippen LogP contribution < -0.4 is 10.6 Å². The Bertz CT molecular complexity index is 360. The van der Waals surface area contributed by atoms with Crippen molar-refractivity contribution in [3.8, 4) is 0 Å². The van der Waals surface area contributed by atoms with E-state index in [4.69, 9.17) is 4.74 Å². The molecule has 0 aliphatic heterocycles. The van der Waals surface area contributed by atoms with E-state index in [0.29, 0.717) is 24.1 Å². The maximum atomic E-state index is 11.5. The number of carbonyl (C=O) groups is 1. The van der Waals surface area contributed by atoms with Crippen molar-refractivity contribution < 1.29 is 14.6 Å². The highest BCUT2D eigenvalue weighted by Crippen LogP contribution is 2.50. The molecule has 1 aliphatic carbocycles. The lowest BCUT2D eigenvalue weighted by atomic mass is 9.56. The summed E-state index contributed by atoms with van der Waals surface area (Å²) >= 11 is 3.16. The van der Waals surface area contributed by atoms with Crippen LogP contribution in [0.2, 0.25) is 0 Å². The van der Waals surface area contributed by atoms with Gasteiger partial charge in [0.2, 0.25) is 0 Å². The fraction of sp³-hybridized carbons (Fsp3) is 0.769. The number of ether oxygens (including phenoxy) is 1. The molecule has 2 atom stereocenters. The van der Waals surface area contributed by atoms with Crippen LogP contribution in [-0.2, 0) is 4.74 Å². The van der Waals surface area contributed by atoms with Crippen LogP contribution >= 0.6 is 15.9 Å². The maximum absolute atomic E-state index is 11.5. The first-order valence-electron chi connectivity index (χ1n) is 6.42. The van der Waals surface area contributed by atoms with Crippen molar-refractivity contribution in [1.82, 2.24) is 10.6 Å². The van der Waals surface area contributed by atoms with Crippen molar-refractivity contribution in [1.29, 1.82) is 0 Å². The topological polar surface area (TPSA) is 70.6 Å². The molecule has 0 aromatic carbocycles. The molecular formula is C13H23BrN2O3. The number of amides is 2. The number of aliphatic hydroxyl groups is 1. The van der Waals surface area contributed by atoms with Crippen molar-refractivity contribution in [3.63, 3.8) is 0 Å². The lowest BCUT2D eigenvalue weighted by molar-refractivity contribution is -0.237. The van der Waals surface area contributed by atoms with E-state index in [2.05, 4.69) is 33.1 Å². The molecule has 0 radical (unpaired) electrons. The fourth-order valence-corrected chi connectivity index (χ4v) is 2.37. The number of carbonyl (C=O) groups excluding carboxylic acids is 1. The van der Waals surface area contributed by atoms with Crippen molar-refractivity contribution in [2.24, 2.45) is 5.41 Å². The van der Waals surface area contributed by atoms with Gasteiger partial charge in [0.05, 0.1) is 18.2 Å². The van der Waals surface area contributed by atoms with Crippen LogP contribution in [0.3, 0.4) is 0 Å². The third-order valence-corrected chi connectivity index (χ3v) is 4.16. The Morgan fingerprint density at radius 3 is 2.63 bits per heavy atom. The smallest absolute Gasteiger partial charge is 0.315 e. The molecule has 1 saturated carbocycles. The van der Waals surface area contributed by atoms with Gasteiger partial charge < -0.3 is 20.5 Å². The first kappa shape index (κ1) is 16.5. The third kappa shape index (κ3) is 3.70. The average Bonchev–Trinajstić information content (AvgIpc) is 2.33. The van der Waals surface area contributed by atoms with Gasteiger partial charge >= 0.3 is 6.03 Å². The van der Waals surface area contributed by atoms with Crippen molar-refractivity contribution >= 4 is 22.0 Å². The Kier molecular flexibility index (Phi) is 5.41. The van der Waals surface area contributed by atoms with E-state index in [-0.39, 0.29) is 24.1 Å². The number of hydrogen-bond acceptors (Lipinski definition) is 3. The molecule has 3 N–H and O–H groups in total. The van der Waals surface area contributed by atoms with Crippen LogP contribution in [0, 0.1) is 5.41 Å². The second-order valence-corrected chi connectivity index (χ2v) is 6.58. The molecule has 19 heavy (non-hydrogen) atoms. The zero-order chi connectivity index (χ0) is 14.7. The molecule has 1 rings (SSSR count). The summed E-state index contributed by atoms with van der Waals surface area (Å²) in [5.41, 5.74) is -1.29. The Labute approximate surface area is 122 Å². The summed E-state index contributed by atoms with van der Waals surface area (Å²) in [5.74, 6) is 0. The van der Waals surface area contributed by atoms with Gasteiger partial charge in [-0.2, -0.15) is 0 Å². The Balaban J connectivity index is 2.41. The molecule has 0 bridgehead atoms. The third-order valence-electron chi connectivity index (χ3n) is 3.88. The van der Waals surface area contributed by atoms with Gasteiger partial charge in [0.1, 0.15) is 0 Å². The SMILES string of the molecule is C=C(Br)CNC(=O)NC[C@@]1(O)C[C@@H](OCC)C1(C)C. The number of halogens is 1. The first-order valence-corrected chi connectivity index (χ1v) is 7.21. The zero-order valence-electron chi connectivity index (χ0n) is 11.8. The van der Waals surface area contributed by atoms with Gasteiger partial charge in [-0.3, -0.25) is 0 Å². The van der Waals surface area contributed by atoms with E-state index < -0.39 is 5.60 Å². The summed E-state index contributed by atoms with van der Waals surface area (Å²) in [4.78, 5) is 11.5. The molecule has 0 aromatic rings. The highest BCUT2D eigenvalue weighted by atomic mass is 79.9. The van der Waals surface area contributed by atoms with Crippen LogP contribution in [-0.4, -0.2) is 42.5 Å².